The van der Waals surface area contributed by atoms with E-state index in [0.29, 0.717) is 5.41 Å². The Morgan fingerprint density at radius 3 is 2.69 bits per heavy atom. The standard InChI is InChI=1S/C12H20N4/c1-3-9-10-11(16(2)15-9)14-8-12(7-13-10)5-4-6-12/h13-14H,3-8H2,1-2H3. The van der Waals surface area contributed by atoms with E-state index < -0.39 is 0 Å². The lowest BCUT2D eigenvalue weighted by molar-refractivity contribution is 0.171. The quantitative estimate of drug-likeness (QED) is 0.760. The normalized spacial score (nSPS) is 21.6. The molecule has 0 unspecified atom stereocenters. The molecule has 4 nitrogen and oxygen atoms in total. The summed E-state index contributed by atoms with van der Waals surface area (Å²) in [4.78, 5) is 0. The fourth-order valence-electron chi connectivity index (χ4n) is 2.86. The Bertz CT molecular complexity index is 403. The van der Waals surface area contributed by atoms with E-state index in [0.717, 1.165) is 19.5 Å². The highest BCUT2D eigenvalue weighted by Crippen LogP contribution is 2.44. The van der Waals surface area contributed by atoms with E-state index in [1.165, 1.54) is 36.5 Å². The Labute approximate surface area is 96.4 Å². The summed E-state index contributed by atoms with van der Waals surface area (Å²) in [7, 11) is 2.02. The molecule has 0 saturated heterocycles. The van der Waals surface area contributed by atoms with Crippen LogP contribution < -0.4 is 10.6 Å². The molecule has 2 N–H and O–H groups in total. The van der Waals surface area contributed by atoms with E-state index in [1.54, 1.807) is 0 Å². The zero-order chi connectivity index (χ0) is 11.2. The molecule has 1 aliphatic heterocycles. The van der Waals surface area contributed by atoms with Gasteiger partial charge in [0.1, 0.15) is 11.5 Å². The van der Waals surface area contributed by atoms with E-state index in [4.69, 9.17) is 0 Å². The molecule has 2 aliphatic rings. The Morgan fingerprint density at radius 1 is 1.31 bits per heavy atom. The molecule has 2 heterocycles. The van der Waals surface area contributed by atoms with Crippen molar-refractivity contribution in [1.82, 2.24) is 9.78 Å². The lowest BCUT2D eigenvalue weighted by atomic mass is 9.69. The monoisotopic (exact) mass is 220 g/mol. The van der Waals surface area contributed by atoms with Gasteiger partial charge in [-0.15, -0.1) is 0 Å². The van der Waals surface area contributed by atoms with Crippen LogP contribution in [0, 0.1) is 5.41 Å². The number of aryl methyl sites for hydroxylation is 2. The number of fused-ring (bicyclic) bond motifs is 1. The highest BCUT2D eigenvalue weighted by Gasteiger charge is 2.39. The lowest BCUT2D eigenvalue weighted by Gasteiger charge is -2.41. The third-order valence-corrected chi connectivity index (χ3v) is 4.14. The maximum Gasteiger partial charge on any atom is 0.148 e. The van der Waals surface area contributed by atoms with Crippen LogP contribution >= 0.6 is 0 Å². The van der Waals surface area contributed by atoms with Crippen molar-refractivity contribution in [1.29, 1.82) is 0 Å². The molecule has 0 atom stereocenters. The first kappa shape index (κ1) is 10.00. The van der Waals surface area contributed by atoms with Gasteiger partial charge in [0, 0.05) is 25.6 Å². The van der Waals surface area contributed by atoms with E-state index in [-0.39, 0.29) is 0 Å². The van der Waals surface area contributed by atoms with Crippen LogP contribution in [0.15, 0.2) is 0 Å². The van der Waals surface area contributed by atoms with Crippen LogP contribution in [-0.4, -0.2) is 22.9 Å². The van der Waals surface area contributed by atoms with Gasteiger partial charge in [0.2, 0.25) is 0 Å². The number of nitrogens with zero attached hydrogens (tertiary/aromatic N) is 2. The number of anilines is 2. The van der Waals surface area contributed by atoms with E-state index >= 15 is 0 Å². The number of rotatable bonds is 1. The van der Waals surface area contributed by atoms with Gasteiger partial charge in [0.25, 0.3) is 0 Å². The molecular formula is C12H20N4. The van der Waals surface area contributed by atoms with Gasteiger partial charge in [0.05, 0.1) is 5.69 Å². The minimum absolute atomic E-state index is 0.504. The van der Waals surface area contributed by atoms with Gasteiger partial charge in [0.15, 0.2) is 0 Å². The smallest absolute Gasteiger partial charge is 0.148 e. The first-order valence-corrected chi connectivity index (χ1v) is 6.28. The first-order valence-electron chi connectivity index (χ1n) is 6.28. The summed E-state index contributed by atoms with van der Waals surface area (Å²) < 4.78 is 1.97. The summed E-state index contributed by atoms with van der Waals surface area (Å²) >= 11 is 0. The van der Waals surface area contributed by atoms with Crippen LogP contribution in [0.5, 0.6) is 0 Å². The van der Waals surface area contributed by atoms with Gasteiger partial charge in [-0.2, -0.15) is 5.10 Å². The van der Waals surface area contributed by atoms with Gasteiger partial charge < -0.3 is 10.6 Å². The minimum atomic E-state index is 0.504. The van der Waals surface area contributed by atoms with Gasteiger partial charge in [-0.05, 0) is 19.3 Å². The highest BCUT2D eigenvalue weighted by atomic mass is 15.3. The van der Waals surface area contributed by atoms with Crippen molar-refractivity contribution in [3.63, 3.8) is 0 Å². The Balaban J connectivity index is 1.91. The van der Waals surface area contributed by atoms with Crippen molar-refractivity contribution >= 4 is 11.5 Å². The number of hydrogen-bond acceptors (Lipinski definition) is 3. The van der Waals surface area contributed by atoms with Crippen LogP contribution in [0.2, 0.25) is 0 Å². The maximum atomic E-state index is 4.54. The van der Waals surface area contributed by atoms with E-state index in [9.17, 15) is 0 Å². The molecule has 1 fully saturated rings. The van der Waals surface area contributed by atoms with Crippen molar-refractivity contribution in [2.24, 2.45) is 12.5 Å². The molecular weight excluding hydrogens is 200 g/mol. The third-order valence-electron chi connectivity index (χ3n) is 4.14. The van der Waals surface area contributed by atoms with Crippen molar-refractivity contribution < 1.29 is 0 Å². The average molecular weight is 220 g/mol. The number of nitrogens with one attached hydrogen (secondary N) is 2. The molecule has 16 heavy (non-hydrogen) atoms. The van der Waals surface area contributed by atoms with Gasteiger partial charge in [-0.1, -0.05) is 13.3 Å². The fraction of sp³-hybridized carbons (Fsp3) is 0.750. The molecule has 1 spiro atoms. The van der Waals surface area contributed by atoms with Crippen LogP contribution in [0.4, 0.5) is 11.5 Å². The fourth-order valence-corrected chi connectivity index (χ4v) is 2.86. The maximum absolute atomic E-state index is 4.54. The summed E-state index contributed by atoms with van der Waals surface area (Å²) in [5.74, 6) is 1.17. The molecule has 1 saturated carbocycles. The Morgan fingerprint density at radius 2 is 2.06 bits per heavy atom. The summed E-state index contributed by atoms with van der Waals surface area (Å²) in [6.45, 7) is 4.36. The molecule has 0 radical (unpaired) electrons. The zero-order valence-corrected chi connectivity index (χ0v) is 10.1. The van der Waals surface area contributed by atoms with Crippen molar-refractivity contribution in [2.75, 3.05) is 23.7 Å². The summed E-state index contributed by atoms with van der Waals surface area (Å²) in [5.41, 5.74) is 2.92. The third kappa shape index (κ3) is 1.32. The molecule has 1 aromatic heterocycles. The van der Waals surface area contributed by atoms with Crippen molar-refractivity contribution in [3.05, 3.63) is 5.69 Å². The molecule has 3 rings (SSSR count). The van der Waals surface area contributed by atoms with Crippen molar-refractivity contribution in [3.8, 4) is 0 Å². The molecule has 0 aromatic carbocycles. The van der Waals surface area contributed by atoms with E-state index in [1.807, 2.05) is 11.7 Å². The highest BCUT2D eigenvalue weighted by molar-refractivity contribution is 5.69. The zero-order valence-electron chi connectivity index (χ0n) is 10.1. The van der Waals surface area contributed by atoms with Crippen molar-refractivity contribution in [2.45, 2.75) is 32.6 Å². The number of hydrogen-bond donors (Lipinski definition) is 2. The summed E-state index contributed by atoms with van der Waals surface area (Å²) in [5, 5.41) is 11.7. The summed E-state index contributed by atoms with van der Waals surface area (Å²) in [6.07, 6.45) is 5.09. The summed E-state index contributed by atoms with van der Waals surface area (Å²) in [6, 6.07) is 0. The predicted molar refractivity (Wildman–Crippen MR) is 65.8 cm³/mol. The largest absolute Gasteiger partial charge is 0.380 e. The van der Waals surface area contributed by atoms with E-state index in [2.05, 4.69) is 22.7 Å². The first-order chi connectivity index (χ1) is 7.74. The predicted octanol–water partition coefficient (Wildman–Crippen LogP) is 1.99. The Kier molecular flexibility index (Phi) is 2.13. The molecule has 88 valence electrons. The van der Waals surface area contributed by atoms with Gasteiger partial charge in [-0.3, -0.25) is 4.68 Å². The van der Waals surface area contributed by atoms with Gasteiger partial charge >= 0.3 is 0 Å². The van der Waals surface area contributed by atoms with Crippen LogP contribution in [0.1, 0.15) is 31.9 Å². The topological polar surface area (TPSA) is 41.9 Å². The molecule has 1 aromatic rings. The number of aromatic nitrogens is 2. The van der Waals surface area contributed by atoms with Gasteiger partial charge in [-0.25, -0.2) is 0 Å². The lowest BCUT2D eigenvalue weighted by Crippen LogP contribution is -2.41. The van der Waals surface area contributed by atoms with Crippen LogP contribution in [-0.2, 0) is 13.5 Å². The molecule has 0 bridgehead atoms. The molecule has 0 amide bonds. The Hall–Kier alpha value is -1.19. The SMILES string of the molecule is CCc1nn(C)c2c1NCC1(CCC1)CN2. The molecule has 1 aliphatic carbocycles. The minimum Gasteiger partial charge on any atom is -0.380 e. The second-order valence-electron chi connectivity index (χ2n) is 5.21. The second-order valence-corrected chi connectivity index (χ2v) is 5.21. The molecule has 4 heteroatoms. The van der Waals surface area contributed by atoms with Crippen LogP contribution in [0.3, 0.4) is 0 Å². The van der Waals surface area contributed by atoms with Crippen LogP contribution in [0.25, 0.3) is 0 Å². The average Bonchev–Trinajstić information content (AvgIpc) is 2.45. The second kappa shape index (κ2) is 3.40.